The maximum Gasteiger partial charge on any atom is 0.369 e. The molecule has 1 aliphatic carbocycles. The number of hydrogen-bond donors (Lipinski definition) is 5. The van der Waals surface area contributed by atoms with E-state index in [1.165, 1.54) is 17.8 Å². The Bertz CT molecular complexity index is 1220. The molecule has 1 aliphatic heterocycles. The fourth-order valence-corrected chi connectivity index (χ4v) is 7.39. The lowest BCUT2D eigenvalue weighted by Crippen LogP contribution is -2.36. The lowest BCUT2D eigenvalue weighted by Gasteiger charge is -2.21. The molecule has 35 heavy (non-hydrogen) atoms. The van der Waals surface area contributed by atoms with E-state index in [9.17, 15) is 33.0 Å². The molecular weight excluding hydrogens is 529 g/mol. The van der Waals surface area contributed by atoms with Gasteiger partial charge in [0, 0.05) is 6.04 Å². The SMILES string of the molecule is CCS(=O)(=O)C(OC[C@H]1O[C@@H](n2ncc3c(NC4CCCC4)nc(Cl)nc32)[C@H](O)[C@@H]1O)P(=O)(O)O. The van der Waals surface area contributed by atoms with Crippen molar-refractivity contribution in [2.24, 2.45) is 0 Å². The molecule has 2 aromatic heterocycles. The average molecular weight is 556 g/mol. The highest BCUT2D eigenvalue weighted by molar-refractivity contribution is 7.98. The van der Waals surface area contributed by atoms with Crippen molar-refractivity contribution in [3.05, 3.63) is 11.5 Å². The number of rotatable bonds is 9. The molecule has 4 rings (SSSR count). The van der Waals surface area contributed by atoms with Gasteiger partial charge in [0.25, 0.3) is 5.18 Å². The first-order chi connectivity index (χ1) is 16.4. The van der Waals surface area contributed by atoms with Gasteiger partial charge in [-0.3, -0.25) is 4.57 Å². The molecule has 1 saturated carbocycles. The fourth-order valence-electron chi connectivity index (χ4n) is 4.26. The summed E-state index contributed by atoms with van der Waals surface area (Å²) in [5.74, 6) is -0.0978. The van der Waals surface area contributed by atoms with Crippen LogP contribution in [0, 0.1) is 0 Å². The number of anilines is 1. The standard InChI is InChI=1S/C18H27ClN5O9PS/c1-2-35(30,31)18(34(27,28)29)32-8-11-12(25)13(26)16(33-11)24-15-10(7-20-24)14(22-17(19)23-15)21-9-5-3-4-6-9/h7,9,11-13,16,18,25-26H,2-6,8H2,1H3,(H,21,22,23)(H2,27,28,29)/t11-,12-,13-,16-,18?/m1/s1. The van der Waals surface area contributed by atoms with Crippen LogP contribution in [0.4, 0.5) is 5.82 Å². The second-order valence-electron chi connectivity index (χ2n) is 8.52. The van der Waals surface area contributed by atoms with Gasteiger partial charge in [0.15, 0.2) is 21.7 Å². The van der Waals surface area contributed by atoms with Crippen molar-refractivity contribution in [3.8, 4) is 0 Å². The van der Waals surface area contributed by atoms with Crippen LogP contribution < -0.4 is 5.32 Å². The summed E-state index contributed by atoms with van der Waals surface area (Å²) in [5, 5.41) is 26.6. The van der Waals surface area contributed by atoms with Crippen LogP contribution in [0.5, 0.6) is 0 Å². The fraction of sp³-hybridized carbons (Fsp3) is 0.722. The molecule has 1 unspecified atom stereocenters. The molecule has 0 radical (unpaired) electrons. The summed E-state index contributed by atoms with van der Waals surface area (Å²) in [7, 11) is -9.48. The molecule has 2 aliphatic rings. The molecule has 2 aromatic rings. The van der Waals surface area contributed by atoms with Gasteiger partial charge in [-0.1, -0.05) is 19.8 Å². The molecule has 3 heterocycles. The van der Waals surface area contributed by atoms with Gasteiger partial charge in [0.2, 0.25) is 5.28 Å². The molecule has 0 amide bonds. The summed E-state index contributed by atoms with van der Waals surface area (Å²) < 4.78 is 47.7. The Hall–Kier alpha value is -1.42. The Morgan fingerprint density at radius 3 is 2.60 bits per heavy atom. The van der Waals surface area contributed by atoms with Crippen LogP contribution in [-0.2, 0) is 23.9 Å². The topological polar surface area (TPSA) is 206 Å². The molecule has 14 nitrogen and oxygen atoms in total. The predicted molar refractivity (Wildman–Crippen MR) is 123 cm³/mol. The summed E-state index contributed by atoms with van der Waals surface area (Å²) in [5.41, 5.74) is 0.227. The number of sulfone groups is 1. The van der Waals surface area contributed by atoms with Crippen molar-refractivity contribution in [2.45, 2.75) is 68.4 Å². The van der Waals surface area contributed by atoms with E-state index in [-0.39, 0.29) is 17.0 Å². The highest BCUT2D eigenvalue weighted by Crippen LogP contribution is 2.45. The lowest BCUT2D eigenvalue weighted by atomic mass is 10.1. The largest absolute Gasteiger partial charge is 0.387 e. The van der Waals surface area contributed by atoms with E-state index < -0.39 is 59.5 Å². The molecule has 5 N–H and O–H groups in total. The number of nitrogens with one attached hydrogen (secondary N) is 1. The van der Waals surface area contributed by atoms with Crippen LogP contribution in [0.3, 0.4) is 0 Å². The number of ether oxygens (including phenoxy) is 2. The second kappa shape index (κ2) is 10.1. The van der Waals surface area contributed by atoms with Crippen LogP contribution in [0.25, 0.3) is 11.0 Å². The van der Waals surface area contributed by atoms with E-state index in [0.717, 1.165) is 25.7 Å². The van der Waals surface area contributed by atoms with Crippen molar-refractivity contribution < 1.29 is 42.5 Å². The second-order valence-corrected chi connectivity index (χ2v) is 13.2. The summed E-state index contributed by atoms with van der Waals surface area (Å²) in [6.45, 7) is 0.501. The Kier molecular flexibility index (Phi) is 7.72. The molecule has 0 spiro atoms. The van der Waals surface area contributed by atoms with E-state index in [2.05, 4.69) is 20.4 Å². The number of aliphatic hydroxyl groups excluding tert-OH is 2. The first-order valence-electron chi connectivity index (χ1n) is 11.0. The Labute approximate surface area is 205 Å². The lowest BCUT2D eigenvalue weighted by molar-refractivity contribution is -0.0691. The van der Waals surface area contributed by atoms with Crippen LogP contribution in [0.2, 0.25) is 5.28 Å². The minimum Gasteiger partial charge on any atom is -0.387 e. The number of aromatic nitrogens is 4. The number of halogens is 1. The van der Waals surface area contributed by atoms with E-state index in [0.29, 0.717) is 11.2 Å². The highest BCUT2D eigenvalue weighted by atomic mass is 35.5. The van der Waals surface area contributed by atoms with Crippen LogP contribution in [0.1, 0.15) is 38.8 Å². The highest BCUT2D eigenvalue weighted by Gasteiger charge is 2.47. The quantitative estimate of drug-likeness (QED) is 0.209. The van der Waals surface area contributed by atoms with Gasteiger partial charge >= 0.3 is 7.60 Å². The third-order valence-corrected chi connectivity index (χ3v) is 10.3. The summed E-state index contributed by atoms with van der Waals surface area (Å²) in [6, 6.07) is 0.227. The molecule has 5 atom stereocenters. The van der Waals surface area contributed by atoms with Gasteiger partial charge in [-0.15, -0.1) is 0 Å². The van der Waals surface area contributed by atoms with Gasteiger partial charge in [-0.2, -0.15) is 15.1 Å². The Balaban J connectivity index is 1.56. The maximum atomic E-state index is 12.1. The Morgan fingerprint density at radius 1 is 1.29 bits per heavy atom. The average Bonchev–Trinajstić information content (AvgIpc) is 3.49. The number of aliphatic hydroxyl groups is 2. The normalized spacial score (nSPS) is 27.0. The molecule has 2 fully saturated rings. The van der Waals surface area contributed by atoms with Crippen molar-refractivity contribution in [2.75, 3.05) is 17.7 Å². The molecule has 17 heteroatoms. The third kappa shape index (κ3) is 5.48. The van der Waals surface area contributed by atoms with Gasteiger partial charge in [-0.25, -0.2) is 13.1 Å². The molecule has 1 saturated heterocycles. The molecule has 196 valence electrons. The van der Waals surface area contributed by atoms with Crippen molar-refractivity contribution in [3.63, 3.8) is 0 Å². The molecule has 0 bridgehead atoms. The number of hydrogen-bond acceptors (Lipinski definition) is 11. The summed E-state index contributed by atoms with van der Waals surface area (Å²) in [4.78, 5) is 27.3. The smallest absolute Gasteiger partial charge is 0.369 e. The van der Waals surface area contributed by atoms with Crippen molar-refractivity contribution in [1.82, 2.24) is 19.7 Å². The van der Waals surface area contributed by atoms with E-state index in [1.54, 1.807) is 0 Å². The zero-order valence-corrected chi connectivity index (χ0v) is 21.1. The zero-order valence-electron chi connectivity index (χ0n) is 18.6. The van der Waals surface area contributed by atoms with Crippen LogP contribution in [-0.4, -0.2) is 90.1 Å². The molecular formula is C18H27ClN5O9PS. The van der Waals surface area contributed by atoms with Gasteiger partial charge < -0.3 is 34.8 Å². The van der Waals surface area contributed by atoms with Gasteiger partial charge in [0.1, 0.15) is 24.1 Å². The third-order valence-electron chi connectivity index (χ3n) is 6.09. The van der Waals surface area contributed by atoms with Crippen molar-refractivity contribution in [1.29, 1.82) is 0 Å². The van der Waals surface area contributed by atoms with Crippen LogP contribution >= 0.6 is 19.2 Å². The monoisotopic (exact) mass is 555 g/mol. The van der Waals surface area contributed by atoms with Gasteiger partial charge in [-0.05, 0) is 24.4 Å². The first-order valence-corrected chi connectivity index (χ1v) is 14.8. The maximum absolute atomic E-state index is 12.1. The van der Waals surface area contributed by atoms with E-state index >= 15 is 0 Å². The molecule has 0 aromatic carbocycles. The minimum absolute atomic E-state index is 0.0677. The zero-order chi connectivity index (χ0) is 25.5. The number of nitrogens with zero attached hydrogens (tertiary/aromatic N) is 4. The Morgan fingerprint density at radius 2 is 1.97 bits per heavy atom. The van der Waals surface area contributed by atoms with Gasteiger partial charge in [0.05, 0.1) is 23.9 Å². The van der Waals surface area contributed by atoms with E-state index in [1.807, 2.05) is 0 Å². The summed E-state index contributed by atoms with van der Waals surface area (Å²) in [6.07, 6.45) is -0.0564. The number of fused-ring (bicyclic) bond motifs is 1. The van der Waals surface area contributed by atoms with Crippen LogP contribution in [0.15, 0.2) is 6.20 Å². The minimum atomic E-state index is -5.19. The summed E-state index contributed by atoms with van der Waals surface area (Å²) >= 11 is 6.12. The predicted octanol–water partition coefficient (Wildman–Crippen LogP) is 0.366. The first kappa shape index (κ1) is 26.6. The van der Waals surface area contributed by atoms with E-state index in [4.69, 9.17) is 21.1 Å². The van der Waals surface area contributed by atoms with Crippen molar-refractivity contribution >= 4 is 45.9 Å².